The minimum Gasteiger partial charge on any atom is -0.496 e. The molecule has 0 saturated carbocycles. The number of benzene rings is 1. The summed E-state index contributed by atoms with van der Waals surface area (Å²) < 4.78 is 10.6. The van der Waals surface area contributed by atoms with Gasteiger partial charge in [0.2, 0.25) is 5.91 Å². The van der Waals surface area contributed by atoms with E-state index in [1.165, 1.54) is 0 Å². The van der Waals surface area contributed by atoms with E-state index in [-0.39, 0.29) is 30.8 Å². The molecule has 0 heterocycles. The van der Waals surface area contributed by atoms with Gasteiger partial charge >= 0.3 is 0 Å². The molecule has 1 atom stereocenters. The Morgan fingerprint density at radius 1 is 1.30 bits per heavy atom. The number of methoxy groups -OCH3 is 2. The van der Waals surface area contributed by atoms with Gasteiger partial charge in [0.25, 0.3) is 0 Å². The molecular weight excluding hydrogens is 280 g/mol. The molecule has 0 radical (unpaired) electrons. The predicted molar refractivity (Wildman–Crippen MR) is 81.8 cm³/mol. The number of hydrogen-bond donors (Lipinski definition) is 1. The van der Waals surface area contributed by atoms with Crippen molar-refractivity contribution in [1.29, 1.82) is 0 Å². The number of carbonyl (C=O) groups is 1. The van der Waals surface area contributed by atoms with Gasteiger partial charge in [0, 0.05) is 25.2 Å². The van der Waals surface area contributed by atoms with Crippen LogP contribution in [0.4, 0.5) is 0 Å². The van der Waals surface area contributed by atoms with E-state index in [0.29, 0.717) is 18.0 Å². The van der Waals surface area contributed by atoms with Crippen LogP contribution in [0.3, 0.4) is 0 Å². The number of nitrogens with zero attached hydrogens (tertiary/aromatic N) is 1. The molecule has 114 valence electrons. The lowest BCUT2D eigenvalue weighted by Gasteiger charge is -2.24. The highest BCUT2D eigenvalue weighted by molar-refractivity contribution is 5.85. The Bertz CT molecular complexity index is 418. The maximum Gasteiger partial charge on any atom is 0.227 e. The summed E-state index contributed by atoms with van der Waals surface area (Å²) in [5, 5.41) is 0. The van der Waals surface area contributed by atoms with E-state index in [2.05, 4.69) is 0 Å². The summed E-state index contributed by atoms with van der Waals surface area (Å²) in [6.07, 6.45) is 0.230. The fourth-order valence-corrected chi connectivity index (χ4v) is 1.78. The highest BCUT2D eigenvalue weighted by atomic mass is 35.5. The van der Waals surface area contributed by atoms with Crippen molar-refractivity contribution in [3.8, 4) is 11.5 Å². The SMILES string of the molecule is COc1cccc(OC)c1CC(=O)N(C)C(C)CN.Cl. The van der Waals surface area contributed by atoms with Crippen LogP contribution in [-0.2, 0) is 11.2 Å². The lowest BCUT2D eigenvalue weighted by molar-refractivity contribution is -0.130. The van der Waals surface area contributed by atoms with Crippen LogP contribution in [0.1, 0.15) is 12.5 Å². The molecule has 2 N–H and O–H groups in total. The van der Waals surface area contributed by atoms with Gasteiger partial charge in [0.15, 0.2) is 0 Å². The van der Waals surface area contributed by atoms with Crippen molar-refractivity contribution < 1.29 is 14.3 Å². The summed E-state index contributed by atoms with van der Waals surface area (Å²) in [5.41, 5.74) is 6.33. The third-order valence-electron chi connectivity index (χ3n) is 3.25. The van der Waals surface area contributed by atoms with Gasteiger partial charge in [-0.15, -0.1) is 12.4 Å². The standard InChI is InChI=1S/C14H22N2O3.ClH/c1-10(9-15)16(2)14(17)8-11-12(18-3)6-5-7-13(11)19-4;/h5-7,10H,8-9,15H2,1-4H3;1H. The van der Waals surface area contributed by atoms with Gasteiger partial charge in [0.05, 0.1) is 20.6 Å². The molecule has 5 nitrogen and oxygen atoms in total. The minimum absolute atomic E-state index is 0. The van der Waals surface area contributed by atoms with E-state index >= 15 is 0 Å². The van der Waals surface area contributed by atoms with Crippen LogP contribution in [0.15, 0.2) is 18.2 Å². The molecule has 0 aromatic heterocycles. The highest BCUT2D eigenvalue weighted by Gasteiger charge is 2.19. The van der Waals surface area contributed by atoms with Crippen molar-refractivity contribution in [3.63, 3.8) is 0 Å². The summed E-state index contributed by atoms with van der Waals surface area (Å²) in [5.74, 6) is 1.30. The molecular formula is C14H23ClN2O3. The number of rotatable bonds is 6. The minimum atomic E-state index is -0.0132. The van der Waals surface area contributed by atoms with Crippen molar-refractivity contribution in [2.75, 3.05) is 27.8 Å². The first-order valence-corrected chi connectivity index (χ1v) is 6.20. The maximum atomic E-state index is 12.2. The number of nitrogens with two attached hydrogens (primary N) is 1. The Labute approximate surface area is 126 Å². The summed E-state index contributed by atoms with van der Waals surface area (Å²) in [4.78, 5) is 13.9. The van der Waals surface area contributed by atoms with Crippen LogP contribution in [0.25, 0.3) is 0 Å². The fraction of sp³-hybridized carbons (Fsp3) is 0.500. The first kappa shape index (κ1) is 18.5. The van der Waals surface area contributed by atoms with Gasteiger partial charge in [-0.05, 0) is 19.1 Å². The topological polar surface area (TPSA) is 64.8 Å². The molecule has 1 aromatic carbocycles. The fourth-order valence-electron chi connectivity index (χ4n) is 1.78. The number of likely N-dealkylation sites (N-methyl/N-ethyl adjacent to an activating group) is 1. The molecule has 0 aliphatic heterocycles. The Morgan fingerprint density at radius 3 is 2.20 bits per heavy atom. The predicted octanol–water partition coefficient (Wildman–Crippen LogP) is 1.47. The summed E-state index contributed by atoms with van der Waals surface area (Å²) in [6.45, 7) is 2.35. The monoisotopic (exact) mass is 302 g/mol. The number of ether oxygens (including phenoxy) is 2. The molecule has 0 bridgehead atoms. The average molecular weight is 303 g/mol. The summed E-state index contributed by atoms with van der Waals surface area (Å²) in [6, 6.07) is 5.47. The highest BCUT2D eigenvalue weighted by Crippen LogP contribution is 2.29. The smallest absolute Gasteiger partial charge is 0.227 e. The zero-order valence-electron chi connectivity index (χ0n) is 12.4. The van der Waals surface area contributed by atoms with E-state index in [1.54, 1.807) is 26.2 Å². The molecule has 0 saturated heterocycles. The largest absolute Gasteiger partial charge is 0.496 e. The van der Waals surface area contributed by atoms with Crippen LogP contribution in [0, 0.1) is 0 Å². The Balaban J connectivity index is 0.00000361. The molecule has 1 rings (SSSR count). The third kappa shape index (κ3) is 4.28. The number of hydrogen-bond acceptors (Lipinski definition) is 4. The zero-order chi connectivity index (χ0) is 14.4. The maximum absolute atomic E-state index is 12.2. The lowest BCUT2D eigenvalue weighted by atomic mass is 10.1. The Kier molecular flexibility index (Phi) is 8.03. The van der Waals surface area contributed by atoms with Crippen molar-refractivity contribution in [1.82, 2.24) is 4.90 Å². The molecule has 6 heteroatoms. The summed E-state index contributed by atoms with van der Waals surface area (Å²) in [7, 11) is 4.91. The second kappa shape index (κ2) is 8.66. The molecule has 0 aliphatic carbocycles. The summed E-state index contributed by atoms with van der Waals surface area (Å²) >= 11 is 0. The number of carbonyl (C=O) groups excluding carboxylic acids is 1. The van der Waals surface area contributed by atoms with Crippen LogP contribution in [0.5, 0.6) is 11.5 Å². The molecule has 0 fully saturated rings. The van der Waals surface area contributed by atoms with Crippen molar-refractivity contribution in [3.05, 3.63) is 23.8 Å². The van der Waals surface area contributed by atoms with Crippen LogP contribution < -0.4 is 15.2 Å². The first-order valence-electron chi connectivity index (χ1n) is 6.20. The number of amides is 1. The van der Waals surface area contributed by atoms with Crippen LogP contribution in [-0.4, -0.2) is 44.7 Å². The van der Waals surface area contributed by atoms with Gasteiger partial charge in [-0.25, -0.2) is 0 Å². The van der Waals surface area contributed by atoms with Crippen molar-refractivity contribution in [2.45, 2.75) is 19.4 Å². The van der Waals surface area contributed by atoms with Gasteiger partial charge < -0.3 is 20.1 Å². The normalized spacial score (nSPS) is 11.2. The Morgan fingerprint density at radius 2 is 1.80 bits per heavy atom. The van der Waals surface area contributed by atoms with E-state index in [9.17, 15) is 4.79 Å². The van der Waals surface area contributed by atoms with Gasteiger partial charge in [-0.3, -0.25) is 4.79 Å². The molecule has 20 heavy (non-hydrogen) atoms. The quantitative estimate of drug-likeness (QED) is 0.864. The third-order valence-corrected chi connectivity index (χ3v) is 3.25. The average Bonchev–Trinajstić information content (AvgIpc) is 2.45. The van der Waals surface area contributed by atoms with E-state index in [0.717, 1.165) is 5.56 Å². The van der Waals surface area contributed by atoms with E-state index in [4.69, 9.17) is 15.2 Å². The molecule has 0 spiro atoms. The number of halogens is 1. The van der Waals surface area contributed by atoms with Crippen molar-refractivity contribution in [2.24, 2.45) is 5.73 Å². The lowest BCUT2D eigenvalue weighted by Crippen LogP contribution is -2.40. The van der Waals surface area contributed by atoms with Crippen molar-refractivity contribution >= 4 is 18.3 Å². The van der Waals surface area contributed by atoms with E-state index in [1.807, 2.05) is 25.1 Å². The second-order valence-electron chi connectivity index (χ2n) is 4.41. The van der Waals surface area contributed by atoms with Gasteiger partial charge in [0.1, 0.15) is 11.5 Å². The van der Waals surface area contributed by atoms with Crippen LogP contribution in [0.2, 0.25) is 0 Å². The van der Waals surface area contributed by atoms with E-state index < -0.39 is 0 Å². The molecule has 1 aromatic rings. The zero-order valence-corrected chi connectivity index (χ0v) is 13.2. The molecule has 1 amide bonds. The van der Waals surface area contributed by atoms with Crippen LogP contribution >= 0.6 is 12.4 Å². The first-order chi connectivity index (χ1) is 9.04. The van der Waals surface area contributed by atoms with Gasteiger partial charge in [-0.1, -0.05) is 6.07 Å². The Hall–Kier alpha value is -1.46. The molecule has 0 aliphatic rings. The van der Waals surface area contributed by atoms with Gasteiger partial charge in [-0.2, -0.15) is 0 Å². The molecule has 1 unspecified atom stereocenters. The second-order valence-corrected chi connectivity index (χ2v) is 4.41.